The molecule has 0 saturated carbocycles. The molecule has 1 amide bonds. The van der Waals surface area contributed by atoms with Gasteiger partial charge in [0.25, 0.3) is 5.91 Å². The maximum absolute atomic E-state index is 12.2. The topological polar surface area (TPSA) is 68.0 Å². The first-order valence-corrected chi connectivity index (χ1v) is 8.52. The first-order chi connectivity index (χ1) is 10.0. The number of benzene rings is 1. The molecule has 0 unspecified atom stereocenters. The Hall–Kier alpha value is -0.660. The lowest BCUT2D eigenvalue weighted by Crippen LogP contribution is -2.27. The lowest BCUT2D eigenvalue weighted by atomic mass is 9.99. The molecule has 0 saturated heterocycles. The summed E-state index contributed by atoms with van der Waals surface area (Å²) in [6.07, 6.45) is 2.68. The van der Waals surface area contributed by atoms with Gasteiger partial charge < -0.3 is 5.73 Å². The van der Waals surface area contributed by atoms with Crippen LogP contribution in [0.25, 0.3) is 0 Å². The Balaban J connectivity index is 0.00000176. The van der Waals surface area contributed by atoms with Crippen molar-refractivity contribution in [2.45, 2.75) is 25.3 Å². The smallest absolute Gasteiger partial charge is 0.257 e. The van der Waals surface area contributed by atoms with Crippen LogP contribution in [0.3, 0.4) is 0 Å². The van der Waals surface area contributed by atoms with Crippen LogP contribution in [0.15, 0.2) is 22.7 Å². The fourth-order valence-electron chi connectivity index (χ4n) is 2.26. The van der Waals surface area contributed by atoms with Crippen LogP contribution in [0.5, 0.6) is 0 Å². The van der Waals surface area contributed by atoms with Gasteiger partial charge in [0.1, 0.15) is 0 Å². The molecule has 1 aliphatic rings. The van der Waals surface area contributed by atoms with Crippen molar-refractivity contribution in [2.75, 3.05) is 5.32 Å². The lowest BCUT2D eigenvalue weighted by Gasteiger charge is -2.15. The molecule has 1 aliphatic carbocycles. The standard InChI is InChI=1S/C14H13BrClN3OS.ClH/c15-9-5-7(1-3-10(9)16)13(20)19-14-18-11-4-2-8(17)6-12(11)21-14;/h1,3,5,8H,2,4,6,17H2,(H,18,19,20);1H/t8-;/m0./s1. The van der Waals surface area contributed by atoms with E-state index in [-0.39, 0.29) is 24.4 Å². The predicted octanol–water partition coefficient (Wildman–Crippen LogP) is 4.05. The van der Waals surface area contributed by atoms with Crippen molar-refractivity contribution in [1.29, 1.82) is 0 Å². The van der Waals surface area contributed by atoms with E-state index >= 15 is 0 Å². The minimum absolute atomic E-state index is 0. The second-order valence-corrected chi connectivity index (χ2v) is 7.32. The average molecular weight is 423 g/mol. The molecule has 1 aromatic heterocycles. The summed E-state index contributed by atoms with van der Waals surface area (Å²) in [7, 11) is 0. The first kappa shape index (κ1) is 17.7. The van der Waals surface area contributed by atoms with E-state index in [1.165, 1.54) is 16.2 Å². The summed E-state index contributed by atoms with van der Waals surface area (Å²) in [6.45, 7) is 0. The van der Waals surface area contributed by atoms with Crippen molar-refractivity contribution in [3.8, 4) is 0 Å². The van der Waals surface area contributed by atoms with Gasteiger partial charge >= 0.3 is 0 Å². The van der Waals surface area contributed by atoms with Crippen LogP contribution >= 0.6 is 51.3 Å². The number of aryl methyl sites for hydroxylation is 1. The zero-order valence-corrected chi connectivity index (χ0v) is 15.4. The molecule has 3 rings (SSSR count). The molecule has 4 nitrogen and oxygen atoms in total. The Morgan fingerprint density at radius 2 is 2.27 bits per heavy atom. The number of thiazole rings is 1. The second kappa shape index (κ2) is 7.27. The number of anilines is 1. The molecule has 0 fully saturated rings. The van der Waals surface area contributed by atoms with Gasteiger partial charge in [-0.3, -0.25) is 10.1 Å². The van der Waals surface area contributed by atoms with Gasteiger partial charge in [-0.25, -0.2) is 4.98 Å². The number of carbonyl (C=O) groups is 1. The summed E-state index contributed by atoms with van der Waals surface area (Å²) in [5, 5.41) is 4.04. The van der Waals surface area contributed by atoms with E-state index in [1.54, 1.807) is 18.2 Å². The van der Waals surface area contributed by atoms with Gasteiger partial charge in [0.15, 0.2) is 5.13 Å². The third kappa shape index (κ3) is 3.81. The summed E-state index contributed by atoms with van der Waals surface area (Å²) >= 11 is 10.7. The second-order valence-electron chi connectivity index (χ2n) is 4.97. The third-order valence-electron chi connectivity index (χ3n) is 3.38. The summed E-state index contributed by atoms with van der Waals surface area (Å²) in [6, 6.07) is 5.27. The molecule has 1 heterocycles. The lowest BCUT2D eigenvalue weighted by molar-refractivity contribution is 0.102. The molecule has 3 N–H and O–H groups in total. The molecule has 0 bridgehead atoms. The zero-order valence-electron chi connectivity index (χ0n) is 11.4. The van der Waals surface area contributed by atoms with Gasteiger partial charge in [0, 0.05) is 21.0 Å². The Kier molecular flexibility index (Phi) is 5.85. The number of nitrogens with two attached hydrogens (primary N) is 1. The van der Waals surface area contributed by atoms with Gasteiger partial charge in [-0.05, 0) is 53.4 Å². The maximum Gasteiger partial charge on any atom is 0.257 e. The number of nitrogens with zero attached hydrogens (tertiary/aromatic N) is 1. The SMILES string of the molecule is Cl.N[C@H]1CCc2nc(NC(=O)c3ccc(Cl)c(Br)c3)sc2C1. The molecule has 22 heavy (non-hydrogen) atoms. The molecule has 1 aromatic carbocycles. The Labute approximate surface area is 152 Å². The first-order valence-electron chi connectivity index (χ1n) is 6.53. The highest BCUT2D eigenvalue weighted by Gasteiger charge is 2.21. The number of hydrogen-bond donors (Lipinski definition) is 2. The largest absolute Gasteiger partial charge is 0.327 e. The van der Waals surface area contributed by atoms with Crippen LogP contribution in [0.1, 0.15) is 27.3 Å². The summed E-state index contributed by atoms with van der Waals surface area (Å²) in [4.78, 5) is 17.9. The molecule has 0 spiro atoms. The van der Waals surface area contributed by atoms with Crippen molar-refractivity contribution in [3.63, 3.8) is 0 Å². The molecular weight excluding hydrogens is 409 g/mol. The fourth-order valence-corrected chi connectivity index (χ4v) is 3.85. The number of fused-ring (bicyclic) bond motifs is 1. The highest BCUT2D eigenvalue weighted by atomic mass is 79.9. The van der Waals surface area contributed by atoms with Crippen LogP contribution in [0.4, 0.5) is 5.13 Å². The van der Waals surface area contributed by atoms with Gasteiger partial charge in [-0.15, -0.1) is 23.7 Å². The van der Waals surface area contributed by atoms with Gasteiger partial charge in [-0.2, -0.15) is 0 Å². The van der Waals surface area contributed by atoms with Crippen molar-refractivity contribution in [2.24, 2.45) is 5.73 Å². The number of amides is 1. The number of carbonyl (C=O) groups excluding carboxylic acids is 1. The Bertz CT molecular complexity index is 707. The monoisotopic (exact) mass is 421 g/mol. The van der Waals surface area contributed by atoms with Gasteiger partial charge in [-0.1, -0.05) is 11.6 Å². The van der Waals surface area contributed by atoms with Crippen LogP contribution in [0.2, 0.25) is 5.02 Å². The third-order valence-corrected chi connectivity index (χ3v) is 5.63. The van der Waals surface area contributed by atoms with Crippen molar-refractivity contribution >= 4 is 62.3 Å². The molecule has 0 aliphatic heterocycles. The fraction of sp³-hybridized carbons (Fsp3) is 0.286. The molecule has 1 atom stereocenters. The van der Waals surface area contributed by atoms with Crippen LogP contribution < -0.4 is 11.1 Å². The summed E-state index contributed by atoms with van der Waals surface area (Å²) in [5.74, 6) is -0.192. The molecule has 0 radical (unpaired) electrons. The maximum atomic E-state index is 12.2. The number of nitrogens with one attached hydrogen (secondary N) is 1. The molecule has 2 aromatic rings. The zero-order chi connectivity index (χ0) is 15.0. The summed E-state index contributed by atoms with van der Waals surface area (Å²) in [5.41, 5.74) is 7.56. The predicted molar refractivity (Wildman–Crippen MR) is 96.5 cm³/mol. The van der Waals surface area contributed by atoms with E-state index in [4.69, 9.17) is 17.3 Å². The number of aromatic nitrogens is 1. The number of halogens is 3. The van der Waals surface area contributed by atoms with E-state index in [9.17, 15) is 4.79 Å². The van der Waals surface area contributed by atoms with Gasteiger partial charge in [0.2, 0.25) is 0 Å². The number of rotatable bonds is 2. The molecule has 8 heteroatoms. The van der Waals surface area contributed by atoms with E-state index in [0.717, 1.165) is 25.0 Å². The molecular formula is C14H14BrCl2N3OS. The van der Waals surface area contributed by atoms with Crippen molar-refractivity contribution in [1.82, 2.24) is 4.98 Å². The van der Waals surface area contributed by atoms with Crippen LogP contribution in [-0.2, 0) is 12.8 Å². The van der Waals surface area contributed by atoms with Crippen molar-refractivity contribution in [3.05, 3.63) is 43.8 Å². The van der Waals surface area contributed by atoms with Crippen molar-refractivity contribution < 1.29 is 4.79 Å². The van der Waals surface area contributed by atoms with Crippen LogP contribution in [0, 0.1) is 0 Å². The van der Waals surface area contributed by atoms with E-state index in [0.29, 0.717) is 20.2 Å². The molecule has 118 valence electrons. The van der Waals surface area contributed by atoms with E-state index < -0.39 is 0 Å². The highest BCUT2D eigenvalue weighted by Crippen LogP contribution is 2.30. The van der Waals surface area contributed by atoms with E-state index in [1.807, 2.05) is 0 Å². The van der Waals surface area contributed by atoms with E-state index in [2.05, 4.69) is 26.2 Å². The number of hydrogen-bond acceptors (Lipinski definition) is 4. The normalized spacial score (nSPS) is 16.6. The minimum Gasteiger partial charge on any atom is -0.327 e. The summed E-state index contributed by atoms with van der Waals surface area (Å²) < 4.78 is 0.696. The average Bonchev–Trinajstić information content (AvgIpc) is 2.83. The van der Waals surface area contributed by atoms with Gasteiger partial charge in [0.05, 0.1) is 10.7 Å². The van der Waals surface area contributed by atoms with Crippen LogP contribution in [-0.4, -0.2) is 16.9 Å². The Morgan fingerprint density at radius 3 is 3.00 bits per heavy atom. The quantitative estimate of drug-likeness (QED) is 0.766. The Morgan fingerprint density at radius 1 is 1.50 bits per heavy atom. The highest BCUT2D eigenvalue weighted by molar-refractivity contribution is 9.10. The minimum atomic E-state index is -0.192.